The number of thiophene rings is 1. The lowest BCUT2D eigenvalue weighted by molar-refractivity contribution is -0.121. The second kappa shape index (κ2) is 8.34. The average molecular weight is 382 g/mol. The molecule has 1 N–H and O–H groups in total. The zero-order valence-corrected chi connectivity index (χ0v) is 15.2. The number of nitrogens with one attached hydrogen (secondary N) is 1. The fourth-order valence-corrected chi connectivity index (χ4v) is 3.73. The highest BCUT2D eigenvalue weighted by Gasteiger charge is 2.07. The highest BCUT2D eigenvalue weighted by atomic mass is 79.9. The molecule has 0 radical (unpaired) electrons. The van der Waals surface area contributed by atoms with Crippen LogP contribution in [0.2, 0.25) is 0 Å². The number of halogens is 1. The maximum Gasteiger partial charge on any atom is 0.220 e. The molecule has 1 amide bonds. The first-order valence-corrected chi connectivity index (χ1v) is 8.95. The SMILES string of the molecule is CCc1ccsc1CNC(=O)CCc1ccc(OC)c(Br)c1. The molecular formula is C17H20BrNO2S. The van der Waals surface area contributed by atoms with Crippen molar-refractivity contribution < 1.29 is 9.53 Å². The Morgan fingerprint density at radius 1 is 1.36 bits per heavy atom. The topological polar surface area (TPSA) is 38.3 Å². The minimum atomic E-state index is 0.0855. The van der Waals surface area contributed by atoms with Crippen molar-refractivity contribution in [3.63, 3.8) is 0 Å². The number of hydrogen-bond donors (Lipinski definition) is 1. The molecule has 0 aliphatic heterocycles. The Bertz CT molecular complexity index is 639. The van der Waals surface area contributed by atoms with Crippen LogP contribution >= 0.6 is 27.3 Å². The Labute approximate surface area is 143 Å². The summed E-state index contributed by atoms with van der Waals surface area (Å²) in [5.41, 5.74) is 2.44. The predicted molar refractivity (Wildman–Crippen MR) is 94.6 cm³/mol. The molecule has 0 aliphatic rings. The van der Waals surface area contributed by atoms with Crippen LogP contribution in [-0.2, 0) is 24.2 Å². The normalized spacial score (nSPS) is 10.5. The van der Waals surface area contributed by atoms with Gasteiger partial charge in [-0.3, -0.25) is 4.79 Å². The summed E-state index contributed by atoms with van der Waals surface area (Å²) in [4.78, 5) is 13.2. The van der Waals surface area contributed by atoms with Crippen molar-refractivity contribution in [1.29, 1.82) is 0 Å². The van der Waals surface area contributed by atoms with E-state index < -0.39 is 0 Å². The molecule has 0 saturated carbocycles. The number of methoxy groups -OCH3 is 1. The number of hydrogen-bond acceptors (Lipinski definition) is 3. The molecule has 2 aromatic rings. The van der Waals surface area contributed by atoms with Gasteiger partial charge in [-0.1, -0.05) is 13.0 Å². The Balaban J connectivity index is 1.81. The van der Waals surface area contributed by atoms with Crippen molar-refractivity contribution in [2.24, 2.45) is 0 Å². The van der Waals surface area contributed by atoms with Gasteiger partial charge in [0.15, 0.2) is 0 Å². The minimum Gasteiger partial charge on any atom is -0.496 e. The van der Waals surface area contributed by atoms with E-state index in [2.05, 4.69) is 39.6 Å². The van der Waals surface area contributed by atoms with E-state index in [1.54, 1.807) is 18.4 Å². The highest BCUT2D eigenvalue weighted by molar-refractivity contribution is 9.10. The molecule has 1 aromatic carbocycles. The highest BCUT2D eigenvalue weighted by Crippen LogP contribution is 2.26. The van der Waals surface area contributed by atoms with Gasteiger partial charge < -0.3 is 10.1 Å². The lowest BCUT2D eigenvalue weighted by atomic mass is 10.1. The van der Waals surface area contributed by atoms with E-state index in [1.165, 1.54) is 10.4 Å². The smallest absolute Gasteiger partial charge is 0.220 e. The van der Waals surface area contributed by atoms with Gasteiger partial charge in [0.05, 0.1) is 18.1 Å². The molecule has 22 heavy (non-hydrogen) atoms. The first-order chi connectivity index (χ1) is 10.6. The maximum atomic E-state index is 12.0. The number of rotatable bonds is 7. The van der Waals surface area contributed by atoms with Crippen molar-refractivity contribution in [2.45, 2.75) is 32.7 Å². The number of aryl methyl sites for hydroxylation is 2. The van der Waals surface area contributed by atoms with Crippen molar-refractivity contribution in [2.75, 3.05) is 7.11 Å². The first kappa shape index (κ1) is 17.0. The summed E-state index contributed by atoms with van der Waals surface area (Å²) in [7, 11) is 1.64. The van der Waals surface area contributed by atoms with Crippen molar-refractivity contribution >= 4 is 33.2 Å². The van der Waals surface area contributed by atoms with E-state index in [0.29, 0.717) is 13.0 Å². The third kappa shape index (κ3) is 4.58. The zero-order chi connectivity index (χ0) is 15.9. The average Bonchev–Trinajstić information content (AvgIpc) is 2.98. The number of carbonyl (C=O) groups excluding carboxylic acids is 1. The molecule has 3 nitrogen and oxygen atoms in total. The summed E-state index contributed by atoms with van der Waals surface area (Å²) in [5.74, 6) is 0.889. The fraction of sp³-hybridized carbons (Fsp3) is 0.353. The molecule has 0 fully saturated rings. The van der Waals surface area contributed by atoms with Crippen molar-refractivity contribution in [1.82, 2.24) is 5.32 Å². The lowest BCUT2D eigenvalue weighted by Crippen LogP contribution is -2.23. The van der Waals surface area contributed by atoms with E-state index in [0.717, 1.165) is 28.6 Å². The van der Waals surface area contributed by atoms with E-state index >= 15 is 0 Å². The number of benzene rings is 1. The Morgan fingerprint density at radius 3 is 2.86 bits per heavy atom. The summed E-state index contributed by atoms with van der Waals surface area (Å²) >= 11 is 5.16. The van der Waals surface area contributed by atoms with E-state index in [1.807, 2.05) is 18.2 Å². The number of ether oxygens (including phenoxy) is 1. The van der Waals surface area contributed by atoms with Gasteiger partial charge >= 0.3 is 0 Å². The van der Waals surface area contributed by atoms with Gasteiger partial charge in [-0.05, 0) is 63.5 Å². The van der Waals surface area contributed by atoms with Gasteiger partial charge in [0, 0.05) is 11.3 Å². The van der Waals surface area contributed by atoms with E-state index in [4.69, 9.17) is 4.74 Å². The summed E-state index contributed by atoms with van der Waals surface area (Å²) in [5, 5.41) is 5.08. The third-order valence-electron chi connectivity index (χ3n) is 3.52. The van der Waals surface area contributed by atoms with Crippen LogP contribution in [0.5, 0.6) is 5.75 Å². The van der Waals surface area contributed by atoms with Crippen LogP contribution in [0.1, 0.15) is 29.3 Å². The monoisotopic (exact) mass is 381 g/mol. The van der Waals surface area contributed by atoms with Crippen LogP contribution in [0.15, 0.2) is 34.1 Å². The van der Waals surface area contributed by atoms with Crippen molar-refractivity contribution in [3.05, 3.63) is 50.1 Å². The van der Waals surface area contributed by atoms with E-state index in [-0.39, 0.29) is 5.91 Å². The molecule has 1 aromatic heterocycles. The molecule has 2 rings (SSSR count). The lowest BCUT2D eigenvalue weighted by Gasteiger charge is -2.07. The van der Waals surface area contributed by atoms with Crippen LogP contribution in [0.25, 0.3) is 0 Å². The summed E-state index contributed by atoms with van der Waals surface area (Å²) in [6, 6.07) is 8.03. The maximum absolute atomic E-state index is 12.0. The second-order valence-corrected chi connectivity index (χ2v) is 6.82. The summed E-state index contributed by atoms with van der Waals surface area (Å²) < 4.78 is 6.12. The quantitative estimate of drug-likeness (QED) is 0.774. The van der Waals surface area contributed by atoms with Crippen LogP contribution < -0.4 is 10.1 Å². The number of carbonyl (C=O) groups is 1. The minimum absolute atomic E-state index is 0.0855. The molecule has 1 heterocycles. The Kier molecular flexibility index (Phi) is 6.46. The molecule has 118 valence electrons. The second-order valence-electron chi connectivity index (χ2n) is 4.97. The zero-order valence-electron chi connectivity index (χ0n) is 12.8. The molecule has 0 spiro atoms. The largest absolute Gasteiger partial charge is 0.496 e. The summed E-state index contributed by atoms with van der Waals surface area (Å²) in [6.07, 6.45) is 2.22. The molecule has 0 saturated heterocycles. The fourth-order valence-electron chi connectivity index (χ4n) is 2.23. The van der Waals surface area contributed by atoms with Gasteiger partial charge in [0.2, 0.25) is 5.91 Å². The van der Waals surface area contributed by atoms with Crippen molar-refractivity contribution in [3.8, 4) is 5.75 Å². The summed E-state index contributed by atoms with van der Waals surface area (Å²) in [6.45, 7) is 2.76. The molecule has 5 heteroatoms. The number of amides is 1. The molecule has 0 atom stereocenters. The molecule has 0 bridgehead atoms. The van der Waals surface area contributed by atoms with Crippen LogP contribution in [-0.4, -0.2) is 13.0 Å². The molecule has 0 unspecified atom stereocenters. The standard InChI is InChI=1S/C17H20BrNO2S/c1-3-13-8-9-22-16(13)11-19-17(20)7-5-12-4-6-15(21-2)14(18)10-12/h4,6,8-10H,3,5,7,11H2,1-2H3,(H,19,20). The van der Waals surface area contributed by atoms with Crippen LogP contribution in [0.3, 0.4) is 0 Å². The van der Waals surface area contributed by atoms with Crippen LogP contribution in [0.4, 0.5) is 0 Å². The first-order valence-electron chi connectivity index (χ1n) is 7.28. The Hall–Kier alpha value is -1.33. The van der Waals surface area contributed by atoms with Gasteiger partial charge in [-0.25, -0.2) is 0 Å². The van der Waals surface area contributed by atoms with Gasteiger partial charge in [-0.15, -0.1) is 11.3 Å². The van der Waals surface area contributed by atoms with E-state index in [9.17, 15) is 4.79 Å². The molecule has 0 aliphatic carbocycles. The van der Waals surface area contributed by atoms with Gasteiger partial charge in [-0.2, -0.15) is 0 Å². The predicted octanol–water partition coefficient (Wildman–Crippen LogP) is 4.33. The van der Waals surface area contributed by atoms with Crippen LogP contribution in [0, 0.1) is 0 Å². The Morgan fingerprint density at radius 2 is 2.18 bits per heavy atom. The van der Waals surface area contributed by atoms with Gasteiger partial charge in [0.25, 0.3) is 0 Å². The van der Waals surface area contributed by atoms with Gasteiger partial charge in [0.1, 0.15) is 5.75 Å². The third-order valence-corrected chi connectivity index (χ3v) is 5.10. The molecular weight excluding hydrogens is 362 g/mol.